The fraction of sp³-hybridized carbons (Fsp3) is 0.947. The normalized spacial score (nSPS) is 19.0. The zero-order valence-corrected chi connectivity index (χ0v) is 17.7. The predicted molar refractivity (Wildman–Crippen MR) is 109 cm³/mol. The van der Waals surface area contributed by atoms with Gasteiger partial charge in [-0.3, -0.25) is 14.8 Å². The molecular formula is C19H42N6. The van der Waals surface area contributed by atoms with Crippen molar-refractivity contribution in [3.05, 3.63) is 0 Å². The molecule has 6 nitrogen and oxygen atoms in total. The van der Waals surface area contributed by atoms with Gasteiger partial charge in [0.1, 0.15) is 0 Å². The molecule has 0 saturated carbocycles. The number of likely N-dealkylation sites (N-methyl/N-ethyl adjacent to an activating group) is 1. The number of hydrogen-bond acceptors (Lipinski definition) is 4. The minimum Gasteiger partial charge on any atom is -0.356 e. The Kier molecular flexibility index (Phi) is 10.4. The Hall–Kier alpha value is -0.850. The molecule has 0 amide bonds. The summed E-state index contributed by atoms with van der Waals surface area (Å²) in [4.78, 5) is 11.8. The minimum atomic E-state index is 0.532. The van der Waals surface area contributed by atoms with Crippen LogP contribution in [-0.4, -0.2) is 98.7 Å². The van der Waals surface area contributed by atoms with Gasteiger partial charge in [-0.25, -0.2) is 0 Å². The van der Waals surface area contributed by atoms with Crippen LogP contribution in [0.5, 0.6) is 0 Å². The van der Waals surface area contributed by atoms with Crippen LogP contribution in [0.3, 0.4) is 0 Å². The van der Waals surface area contributed by atoms with E-state index >= 15 is 0 Å². The molecule has 1 aliphatic heterocycles. The summed E-state index contributed by atoms with van der Waals surface area (Å²) >= 11 is 0. The number of aliphatic imine (C=N–C) groups is 1. The van der Waals surface area contributed by atoms with Crippen molar-refractivity contribution in [1.29, 1.82) is 0 Å². The molecule has 0 radical (unpaired) electrons. The molecule has 1 rings (SSSR count). The van der Waals surface area contributed by atoms with Crippen LogP contribution >= 0.6 is 0 Å². The lowest BCUT2D eigenvalue weighted by molar-refractivity contribution is 0.120. The molecule has 0 bridgehead atoms. The van der Waals surface area contributed by atoms with E-state index in [1.54, 1.807) is 0 Å². The van der Waals surface area contributed by atoms with Crippen LogP contribution in [0.2, 0.25) is 0 Å². The number of rotatable bonds is 9. The summed E-state index contributed by atoms with van der Waals surface area (Å²) in [5.74, 6) is 0.918. The van der Waals surface area contributed by atoms with Gasteiger partial charge < -0.3 is 15.5 Å². The van der Waals surface area contributed by atoms with E-state index in [1.165, 1.54) is 13.1 Å². The van der Waals surface area contributed by atoms with Crippen LogP contribution in [0, 0.1) is 0 Å². The van der Waals surface area contributed by atoms with Gasteiger partial charge in [0.15, 0.2) is 5.96 Å². The molecule has 148 valence electrons. The van der Waals surface area contributed by atoms with Gasteiger partial charge in [-0.2, -0.15) is 0 Å². The Balaban J connectivity index is 2.24. The van der Waals surface area contributed by atoms with E-state index in [2.05, 4.69) is 72.0 Å². The summed E-state index contributed by atoms with van der Waals surface area (Å²) in [6.07, 6.45) is 1.13. The van der Waals surface area contributed by atoms with Gasteiger partial charge in [0.25, 0.3) is 0 Å². The van der Waals surface area contributed by atoms with Crippen LogP contribution in [0.4, 0.5) is 0 Å². The molecular weight excluding hydrogens is 312 g/mol. The molecule has 1 heterocycles. The molecule has 6 heteroatoms. The Morgan fingerprint density at radius 2 is 1.60 bits per heavy atom. The zero-order valence-electron chi connectivity index (χ0n) is 17.7. The first-order valence-corrected chi connectivity index (χ1v) is 9.98. The molecule has 0 spiro atoms. The molecule has 25 heavy (non-hydrogen) atoms. The van der Waals surface area contributed by atoms with Crippen molar-refractivity contribution >= 4 is 5.96 Å². The van der Waals surface area contributed by atoms with E-state index in [1.807, 2.05) is 7.05 Å². The van der Waals surface area contributed by atoms with E-state index in [4.69, 9.17) is 0 Å². The van der Waals surface area contributed by atoms with Gasteiger partial charge in [0, 0.05) is 71.0 Å². The second-order valence-corrected chi connectivity index (χ2v) is 7.85. The zero-order chi connectivity index (χ0) is 18.8. The van der Waals surface area contributed by atoms with Crippen molar-refractivity contribution < 1.29 is 0 Å². The van der Waals surface area contributed by atoms with Gasteiger partial charge in [-0.15, -0.1) is 0 Å². The first-order chi connectivity index (χ1) is 11.8. The Morgan fingerprint density at radius 1 is 1.00 bits per heavy atom. The van der Waals surface area contributed by atoms with Crippen molar-refractivity contribution in [3.8, 4) is 0 Å². The topological polar surface area (TPSA) is 46.1 Å². The van der Waals surface area contributed by atoms with Gasteiger partial charge in [-0.05, 0) is 48.1 Å². The fourth-order valence-electron chi connectivity index (χ4n) is 3.44. The maximum Gasteiger partial charge on any atom is 0.191 e. The smallest absolute Gasteiger partial charge is 0.191 e. The van der Waals surface area contributed by atoms with Crippen molar-refractivity contribution in [1.82, 2.24) is 25.3 Å². The van der Waals surface area contributed by atoms with E-state index in [-0.39, 0.29) is 0 Å². The monoisotopic (exact) mass is 354 g/mol. The number of nitrogens with one attached hydrogen (secondary N) is 2. The molecule has 1 aliphatic rings. The van der Waals surface area contributed by atoms with Crippen molar-refractivity contribution in [3.63, 3.8) is 0 Å². The average Bonchev–Trinajstić information content (AvgIpc) is 2.57. The van der Waals surface area contributed by atoms with E-state index in [0.29, 0.717) is 18.1 Å². The standard InChI is InChI=1S/C19H42N6/c1-16(2)25(17(3)4)10-8-9-21-19(20-6)22-15-18(5)24-13-11-23(7)12-14-24/h16-18H,8-15H2,1-7H3,(H2,20,21,22). The Labute approximate surface area is 156 Å². The van der Waals surface area contributed by atoms with Crippen molar-refractivity contribution in [2.24, 2.45) is 4.99 Å². The summed E-state index contributed by atoms with van der Waals surface area (Å²) in [6.45, 7) is 19.1. The number of nitrogens with zero attached hydrogens (tertiary/aromatic N) is 4. The SMILES string of the molecule is CN=C(NCCCN(C(C)C)C(C)C)NCC(C)N1CCN(C)CC1. The van der Waals surface area contributed by atoms with Crippen molar-refractivity contribution in [2.75, 3.05) is 59.9 Å². The first kappa shape index (κ1) is 22.2. The Bertz CT molecular complexity index is 366. The summed E-state index contributed by atoms with van der Waals surface area (Å²) in [7, 11) is 4.05. The molecule has 0 aromatic heterocycles. The third-order valence-corrected chi connectivity index (χ3v) is 5.16. The quantitative estimate of drug-likeness (QED) is 0.371. The highest BCUT2D eigenvalue weighted by atomic mass is 15.3. The molecule has 0 aromatic carbocycles. The third kappa shape index (κ3) is 8.38. The van der Waals surface area contributed by atoms with E-state index < -0.39 is 0 Å². The van der Waals surface area contributed by atoms with Gasteiger partial charge in [0.2, 0.25) is 0 Å². The minimum absolute atomic E-state index is 0.532. The van der Waals surface area contributed by atoms with Gasteiger partial charge in [0.05, 0.1) is 0 Å². The molecule has 0 aromatic rings. The van der Waals surface area contributed by atoms with Crippen molar-refractivity contribution in [2.45, 2.75) is 59.2 Å². The molecule has 0 aliphatic carbocycles. The van der Waals surface area contributed by atoms with Gasteiger partial charge >= 0.3 is 0 Å². The first-order valence-electron chi connectivity index (χ1n) is 9.98. The summed E-state index contributed by atoms with van der Waals surface area (Å²) < 4.78 is 0. The maximum atomic E-state index is 4.36. The fourth-order valence-corrected chi connectivity index (χ4v) is 3.44. The number of hydrogen-bond donors (Lipinski definition) is 2. The van der Waals surface area contributed by atoms with E-state index in [9.17, 15) is 0 Å². The van der Waals surface area contributed by atoms with Crippen LogP contribution in [0.15, 0.2) is 4.99 Å². The maximum absolute atomic E-state index is 4.36. The molecule has 1 atom stereocenters. The average molecular weight is 355 g/mol. The lowest BCUT2D eigenvalue weighted by Crippen LogP contribution is -2.52. The predicted octanol–water partition coefficient (Wildman–Crippen LogP) is 1.30. The number of guanidine groups is 1. The lowest BCUT2D eigenvalue weighted by Gasteiger charge is -2.36. The largest absolute Gasteiger partial charge is 0.356 e. The van der Waals surface area contributed by atoms with Crippen LogP contribution in [-0.2, 0) is 0 Å². The second kappa shape index (κ2) is 11.7. The van der Waals surface area contributed by atoms with Gasteiger partial charge in [-0.1, -0.05) is 0 Å². The third-order valence-electron chi connectivity index (χ3n) is 5.16. The number of piperazine rings is 1. The summed E-state index contributed by atoms with van der Waals surface area (Å²) in [6, 6.07) is 1.73. The highest BCUT2D eigenvalue weighted by molar-refractivity contribution is 5.79. The van der Waals surface area contributed by atoms with E-state index in [0.717, 1.165) is 45.1 Å². The van der Waals surface area contributed by atoms with Crippen LogP contribution in [0.25, 0.3) is 0 Å². The Morgan fingerprint density at radius 3 is 2.12 bits per heavy atom. The van der Waals surface area contributed by atoms with Crippen LogP contribution < -0.4 is 10.6 Å². The summed E-state index contributed by atoms with van der Waals surface area (Å²) in [5.41, 5.74) is 0. The highest BCUT2D eigenvalue weighted by Crippen LogP contribution is 2.05. The molecule has 1 saturated heterocycles. The molecule has 2 N–H and O–H groups in total. The second-order valence-electron chi connectivity index (χ2n) is 7.85. The highest BCUT2D eigenvalue weighted by Gasteiger charge is 2.19. The summed E-state index contributed by atoms with van der Waals surface area (Å²) in [5, 5.41) is 6.93. The lowest BCUT2D eigenvalue weighted by atomic mass is 10.2. The molecule has 1 fully saturated rings. The molecule has 1 unspecified atom stereocenters. The van der Waals surface area contributed by atoms with Crippen LogP contribution in [0.1, 0.15) is 41.0 Å².